The number of unbranched alkanes of at least 4 members (excludes halogenated alkanes) is 19. The van der Waals surface area contributed by atoms with E-state index in [1.165, 1.54) is 96.3 Å². The van der Waals surface area contributed by atoms with Crippen LogP contribution < -0.4 is 4.89 Å². The number of carbonyl (C=O) groups is 1. The molecule has 0 fully saturated rings. The summed E-state index contributed by atoms with van der Waals surface area (Å²) in [6, 6.07) is 0. The molecule has 0 aliphatic carbocycles. The molecule has 0 aliphatic rings. The summed E-state index contributed by atoms with van der Waals surface area (Å²) in [6.07, 6.45) is 45.0. The molecule has 0 saturated heterocycles. The number of quaternary nitrogens is 1. The van der Waals surface area contributed by atoms with Gasteiger partial charge in [-0.25, -0.2) is 0 Å². The van der Waals surface area contributed by atoms with Gasteiger partial charge < -0.3 is 27.9 Å². The van der Waals surface area contributed by atoms with Gasteiger partial charge in [-0.3, -0.25) is 9.36 Å². The van der Waals surface area contributed by atoms with Gasteiger partial charge in [-0.2, -0.15) is 0 Å². The second-order valence-electron chi connectivity index (χ2n) is 15.4. The van der Waals surface area contributed by atoms with Crippen molar-refractivity contribution in [2.24, 2.45) is 0 Å². The summed E-state index contributed by atoms with van der Waals surface area (Å²) >= 11 is 0. The van der Waals surface area contributed by atoms with Crippen LogP contribution in [0, 0.1) is 0 Å². The van der Waals surface area contributed by atoms with Crippen molar-refractivity contribution in [2.75, 3.05) is 47.5 Å². The Morgan fingerprint density at radius 3 is 1.60 bits per heavy atom. The van der Waals surface area contributed by atoms with Crippen LogP contribution in [0.25, 0.3) is 0 Å². The highest BCUT2D eigenvalue weighted by molar-refractivity contribution is 7.45. The van der Waals surface area contributed by atoms with Gasteiger partial charge in [0.05, 0.1) is 34.0 Å². The van der Waals surface area contributed by atoms with Crippen LogP contribution in [0.4, 0.5) is 0 Å². The summed E-state index contributed by atoms with van der Waals surface area (Å²) in [5, 5.41) is 0. The van der Waals surface area contributed by atoms with Crippen molar-refractivity contribution in [2.45, 2.75) is 180 Å². The number of allylic oxidation sites excluding steroid dienone is 7. The predicted molar refractivity (Wildman–Crippen MR) is 222 cm³/mol. The number of esters is 1. The van der Waals surface area contributed by atoms with Crippen LogP contribution in [0.2, 0.25) is 0 Å². The third kappa shape index (κ3) is 41.3. The maximum atomic E-state index is 12.5. The molecule has 0 aromatic carbocycles. The minimum Gasteiger partial charge on any atom is -0.756 e. The van der Waals surface area contributed by atoms with Crippen molar-refractivity contribution in [1.29, 1.82) is 0 Å². The van der Waals surface area contributed by atoms with E-state index in [9.17, 15) is 14.3 Å². The van der Waals surface area contributed by atoms with E-state index < -0.39 is 13.9 Å². The topological polar surface area (TPSA) is 94.1 Å². The van der Waals surface area contributed by atoms with E-state index in [2.05, 4.69) is 50.3 Å². The number of hydrogen-bond donors (Lipinski definition) is 0. The number of carbonyl (C=O) groups excluding carboxylic acids is 1. The molecule has 0 amide bonds. The molecule has 9 heteroatoms. The third-order valence-electron chi connectivity index (χ3n) is 8.94. The zero-order chi connectivity index (χ0) is 39.1. The molecule has 0 radical (unpaired) electrons. The van der Waals surface area contributed by atoms with E-state index in [-0.39, 0.29) is 25.8 Å². The number of likely N-dealkylation sites (N-methyl/N-ethyl adjacent to an activating group) is 1. The molecule has 0 aliphatic heterocycles. The highest BCUT2D eigenvalue weighted by Crippen LogP contribution is 2.38. The van der Waals surface area contributed by atoms with Crippen molar-refractivity contribution in [3.63, 3.8) is 0 Å². The minimum absolute atomic E-state index is 0.0223. The van der Waals surface area contributed by atoms with Crippen LogP contribution in [0.5, 0.6) is 0 Å². The van der Waals surface area contributed by atoms with E-state index in [4.69, 9.17) is 18.5 Å². The lowest BCUT2D eigenvalue weighted by Crippen LogP contribution is -2.37. The first-order valence-electron chi connectivity index (χ1n) is 21.4. The standard InChI is InChI=1S/C44H82NO7P/c1-6-8-10-12-14-16-18-20-22-24-26-28-30-32-34-36-39-49-43(42-52-53(47,48)51-40-38-45(3,4)5)41-50-44(46)37-35-33-31-29-27-25-23-21-19-17-15-13-11-9-7-2/h15-18,21,23,36,39,43H,6-14,19-20,22,24-35,37-38,40-42H2,1-5H3/b17-15-,18-16-,23-21-,39-36-. The fourth-order valence-electron chi connectivity index (χ4n) is 5.49. The normalized spacial score (nSPS) is 14.2. The second kappa shape index (κ2) is 37.2. The number of ether oxygens (including phenoxy) is 2. The van der Waals surface area contributed by atoms with Crippen molar-refractivity contribution >= 4 is 13.8 Å². The zero-order valence-electron chi connectivity index (χ0n) is 35.0. The summed E-state index contributed by atoms with van der Waals surface area (Å²) in [4.78, 5) is 24.8. The van der Waals surface area contributed by atoms with Gasteiger partial charge in [-0.1, -0.05) is 127 Å². The molecular formula is C44H82NO7P. The van der Waals surface area contributed by atoms with Gasteiger partial charge in [0.2, 0.25) is 0 Å². The molecule has 2 atom stereocenters. The first kappa shape index (κ1) is 51.3. The molecule has 0 aromatic rings. The number of rotatable bonds is 39. The summed E-state index contributed by atoms with van der Waals surface area (Å²) in [5.41, 5.74) is 0. The lowest BCUT2D eigenvalue weighted by Gasteiger charge is -2.28. The number of hydrogen-bond acceptors (Lipinski definition) is 7. The van der Waals surface area contributed by atoms with Crippen LogP contribution in [0.3, 0.4) is 0 Å². The van der Waals surface area contributed by atoms with Crippen LogP contribution in [-0.4, -0.2) is 64.1 Å². The first-order valence-corrected chi connectivity index (χ1v) is 22.9. The van der Waals surface area contributed by atoms with E-state index in [0.29, 0.717) is 17.4 Å². The van der Waals surface area contributed by atoms with E-state index in [1.54, 1.807) is 6.26 Å². The number of phosphoric acid groups is 1. The molecular weight excluding hydrogens is 685 g/mol. The summed E-state index contributed by atoms with van der Waals surface area (Å²) in [5.74, 6) is -0.309. The van der Waals surface area contributed by atoms with Gasteiger partial charge >= 0.3 is 5.97 Å². The second-order valence-corrected chi connectivity index (χ2v) is 16.8. The fourth-order valence-corrected chi connectivity index (χ4v) is 6.22. The molecule has 2 unspecified atom stereocenters. The lowest BCUT2D eigenvalue weighted by atomic mass is 10.1. The number of nitrogens with zero attached hydrogens (tertiary/aromatic N) is 1. The third-order valence-corrected chi connectivity index (χ3v) is 9.91. The highest BCUT2D eigenvalue weighted by Gasteiger charge is 2.19. The highest BCUT2D eigenvalue weighted by atomic mass is 31.2. The predicted octanol–water partition coefficient (Wildman–Crippen LogP) is 12.1. The quantitative estimate of drug-likeness (QED) is 0.0153. The molecule has 0 heterocycles. The van der Waals surface area contributed by atoms with Gasteiger partial charge in [-0.05, 0) is 83.1 Å². The minimum atomic E-state index is -4.52. The van der Waals surface area contributed by atoms with Crippen molar-refractivity contribution < 1.29 is 37.3 Å². The Morgan fingerprint density at radius 2 is 1.06 bits per heavy atom. The van der Waals surface area contributed by atoms with Gasteiger partial charge in [0.15, 0.2) is 6.10 Å². The Bertz CT molecular complexity index is 989. The largest absolute Gasteiger partial charge is 0.756 e. The van der Waals surface area contributed by atoms with Crippen LogP contribution >= 0.6 is 7.82 Å². The van der Waals surface area contributed by atoms with Crippen molar-refractivity contribution in [3.05, 3.63) is 48.8 Å². The average molecular weight is 768 g/mol. The van der Waals surface area contributed by atoms with E-state index in [1.807, 2.05) is 27.2 Å². The lowest BCUT2D eigenvalue weighted by molar-refractivity contribution is -0.870. The Labute approximate surface area is 327 Å². The molecule has 0 aromatic heterocycles. The average Bonchev–Trinajstić information content (AvgIpc) is 3.11. The Balaban J connectivity index is 4.34. The molecule has 0 saturated carbocycles. The maximum Gasteiger partial charge on any atom is 0.305 e. The molecule has 8 nitrogen and oxygen atoms in total. The maximum absolute atomic E-state index is 12.5. The van der Waals surface area contributed by atoms with E-state index >= 15 is 0 Å². The van der Waals surface area contributed by atoms with Gasteiger partial charge in [0, 0.05) is 6.42 Å². The Hall–Kier alpha value is -1.70. The molecule has 0 bridgehead atoms. The zero-order valence-corrected chi connectivity index (χ0v) is 35.8. The molecule has 0 N–H and O–H groups in total. The van der Waals surface area contributed by atoms with Crippen LogP contribution in [0.15, 0.2) is 48.8 Å². The summed E-state index contributed by atoms with van der Waals surface area (Å²) < 4.78 is 34.3. The number of phosphoric ester groups is 1. The monoisotopic (exact) mass is 768 g/mol. The Morgan fingerprint density at radius 1 is 0.604 bits per heavy atom. The molecule has 0 rings (SSSR count). The van der Waals surface area contributed by atoms with Crippen LogP contribution in [-0.2, 0) is 27.9 Å². The summed E-state index contributed by atoms with van der Waals surface area (Å²) in [6.45, 7) is 4.64. The van der Waals surface area contributed by atoms with E-state index in [0.717, 1.165) is 57.8 Å². The first-order chi connectivity index (χ1) is 25.6. The summed E-state index contributed by atoms with van der Waals surface area (Å²) in [7, 11) is 1.34. The van der Waals surface area contributed by atoms with Gasteiger partial charge in [0.25, 0.3) is 7.82 Å². The van der Waals surface area contributed by atoms with Crippen molar-refractivity contribution in [3.8, 4) is 0 Å². The molecule has 53 heavy (non-hydrogen) atoms. The van der Waals surface area contributed by atoms with Crippen LogP contribution in [0.1, 0.15) is 174 Å². The molecule has 310 valence electrons. The van der Waals surface area contributed by atoms with Gasteiger partial charge in [-0.15, -0.1) is 0 Å². The Kier molecular flexibility index (Phi) is 36.0. The smallest absolute Gasteiger partial charge is 0.305 e. The molecule has 0 spiro atoms. The van der Waals surface area contributed by atoms with Gasteiger partial charge in [0.1, 0.15) is 19.8 Å². The van der Waals surface area contributed by atoms with Crippen molar-refractivity contribution in [1.82, 2.24) is 0 Å². The SMILES string of the molecule is CCCCC/C=C\C/C=C\CCCCCCCC(=O)OCC(COP(=O)([O-])OCC[N+](C)(C)C)O/C=C\CCCCCCCC/C=C\CCCCCC. The fraction of sp³-hybridized carbons (Fsp3) is 0.795.